The molecule has 22 heavy (non-hydrogen) atoms. The van der Waals surface area contributed by atoms with Crippen LogP contribution in [0.25, 0.3) is 0 Å². The molecule has 0 saturated carbocycles. The van der Waals surface area contributed by atoms with E-state index in [9.17, 15) is 9.59 Å². The lowest BCUT2D eigenvalue weighted by Gasteiger charge is -2.13. The molecule has 0 radical (unpaired) electrons. The molecule has 0 amide bonds. The number of carboxylic acids is 1. The summed E-state index contributed by atoms with van der Waals surface area (Å²) in [5, 5.41) is 9.42. The van der Waals surface area contributed by atoms with Crippen LogP contribution in [-0.4, -0.2) is 35.5 Å². The normalized spacial score (nSPS) is 13.5. The van der Waals surface area contributed by atoms with Crippen molar-refractivity contribution in [3.63, 3.8) is 0 Å². The molecule has 2 atom stereocenters. The number of ether oxygens (including phenoxy) is 1. The lowest BCUT2D eigenvalue weighted by molar-refractivity contribution is -0.138. The van der Waals surface area contributed by atoms with E-state index in [0.717, 1.165) is 0 Å². The van der Waals surface area contributed by atoms with Gasteiger partial charge in [0, 0.05) is 5.02 Å². The molecule has 5 N–H and O–H groups in total. The van der Waals surface area contributed by atoms with Gasteiger partial charge in [-0.15, -0.1) is 0 Å². The summed E-state index contributed by atoms with van der Waals surface area (Å²) < 4.78 is 5.30. The Hall–Kier alpha value is -1.34. The van der Waals surface area contributed by atoms with Crippen LogP contribution in [0.15, 0.2) is 18.2 Å². The van der Waals surface area contributed by atoms with Crippen LogP contribution < -0.4 is 16.2 Å². The first kappa shape index (κ1) is 18.7. The molecule has 1 unspecified atom stereocenters. The van der Waals surface area contributed by atoms with Gasteiger partial charge in [-0.05, 0) is 37.5 Å². The summed E-state index contributed by atoms with van der Waals surface area (Å²) in [6.07, 6.45) is 1.06. The van der Waals surface area contributed by atoms with Crippen molar-refractivity contribution in [2.45, 2.75) is 31.3 Å². The Labute approximate surface area is 138 Å². The number of halogens is 2. The topological polar surface area (TPSA) is 116 Å². The molecule has 0 bridgehead atoms. The van der Waals surface area contributed by atoms with E-state index in [-0.39, 0.29) is 18.8 Å². The Bertz CT molecular complexity index is 540. The van der Waals surface area contributed by atoms with Crippen LogP contribution in [0.4, 0.5) is 0 Å². The van der Waals surface area contributed by atoms with Crippen molar-refractivity contribution in [3.05, 3.63) is 28.2 Å². The number of nitrogens with two attached hydrogens (primary N) is 2. The molecular formula is C14H18Cl2N2O4. The van der Waals surface area contributed by atoms with Crippen molar-refractivity contribution in [1.82, 2.24) is 0 Å². The maximum Gasteiger partial charge on any atom is 0.320 e. The first-order valence-electron chi connectivity index (χ1n) is 6.65. The first-order chi connectivity index (χ1) is 10.3. The lowest BCUT2D eigenvalue weighted by Crippen LogP contribution is -2.35. The van der Waals surface area contributed by atoms with Gasteiger partial charge in [-0.1, -0.05) is 23.2 Å². The van der Waals surface area contributed by atoms with Crippen LogP contribution in [0.5, 0.6) is 5.75 Å². The summed E-state index contributed by atoms with van der Waals surface area (Å²) in [6.45, 7) is -0.215. The third kappa shape index (κ3) is 6.19. The second-order valence-electron chi connectivity index (χ2n) is 4.81. The van der Waals surface area contributed by atoms with Crippen LogP contribution in [0, 0.1) is 0 Å². The summed E-state index contributed by atoms with van der Waals surface area (Å²) in [7, 11) is 0. The zero-order chi connectivity index (χ0) is 16.7. The Morgan fingerprint density at radius 3 is 2.41 bits per heavy atom. The molecule has 0 fully saturated rings. The Morgan fingerprint density at radius 1 is 1.18 bits per heavy atom. The molecule has 0 saturated heterocycles. The number of hydrogen-bond donors (Lipinski definition) is 3. The van der Waals surface area contributed by atoms with E-state index in [0.29, 0.717) is 28.6 Å². The average molecular weight is 349 g/mol. The highest BCUT2D eigenvalue weighted by atomic mass is 35.5. The van der Waals surface area contributed by atoms with E-state index in [1.54, 1.807) is 12.1 Å². The summed E-state index contributed by atoms with van der Waals surface area (Å²) in [4.78, 5) is 22.4. The van der Waals surface area contributed by atoms with Gasteiger partial charge < -0.3 is 21.3 Å². The molecule has 6 nitrogen and oxygen atoms in total. The zero-order valence-corrected chi connectivity index (χ0v) is 13.3. The number of ketones is 1. The van der Waals surface area contributed by atoms with Gasteiger partial charge in [0.05, 0.1) is 11.1 Å². The molecule has 1 rings (SSSR count). The summed E-state index contributed by atoms with van der Waals surface area (Å²) in [5.74, 6) is -1.02. The minimum Gasteiger partial charge on any atom is -0.484 e. The van der Waals surface area contributed by atoms with E-state index in [1.807, 2.05) is 0 Å². The number of rotatable bonds is 9. The van der Waals surface area contributed by atoms with Crippen LogP contribution in [-0.2, 0) is 9.59 Å². The fourth-order valence-electron chi connectivity index (χ4n) is 1.69. The summed E-state index contributed by atoms with van der Waals surface area (Å²) in [5.41, 5.74) is 11.1. The van der Waals surface area contributed by atoms with Gasteiger partial charge in [0.15, 0.2) is 5.78 Å². The molecule has 122 valence electrons. The van der Waals surface area contributed by atoms with Gasteiger partial charge in [-0.2, -0.15) is 0 Å². The fraction of sp³-hybridized carbons (Fsp3) is 0.429. The Balaban J connectivity index is 2.36. The predicted octanol–water partition coefficient (Wildman–Crippen LogP) is 1.85. The van der Waals surface area contributed by atoms with Gasteiger partial charge in [0.2, 0.25) is 0 Å². The fourth-order valence-corrected chi connectivity index (χ4v) is 2.15. The predicted molar refractivity (Wildman–Crippen MR) is 84.4 cm³/mol. The highest BCUT2D eigenvalue weighted by Crippen LogP contribution is 2.27. The molecule has 8 heteroatoms. The number of carboxylic acid groups (broad SMARTS) is 1. The number of aliphatic carboxylic acids is 1. The van der Waals surface area contributed by atoms with Gasteiger partial charge >= 0.3 is 5.97 Å². The van der Waals surface area contributed by atoms with Gasteiger partial charge in [-0.3, -0.25) is 9.59 Å². The number of Topliss-reactive ketones (excluding diaryl/α,β-unsaturated/α-hetero) is 1. The first-order valence-corrected chi connectivity index (χ1v) is 7.41. The third-order valence-corrected chi connectivity index (χ3v) is 3.56. The zero-order valence-electron chi connectivity index (χ0n) is 11.8. The quantitative estimate of drug-likeness (QED) is 0.627. The smallest absolute Gasteiger partial charge is 0.320 e. The van der Waals surface area contributed by atoms with Crippen LogP contribution in [0.3, 0.4) is 0 Å². The van der Waals surface area contributed by atoms with Gasteiger partial charge in [0.25, 0.3) is 0 Å². The minimum atomic E-state index is -1.07. The molecule has 0 aliphatic heterocycles. The average Bonchev–Trinajstić information content (AvgIpc) is 2.45. The van der Waals surface area contributed by atoms with Crippen molar-refractivity contribution in [1.29, 1.82) is 0 Å². The summed E-state index contributed by atoms with van der Waals surface area (Å²) >= 11 is 11.7. The standard InChI is InChI=1S/C14H18Cl2N2O4/c15-8-4-5-13(9(16)6-8)22-7-12(19)10(17)2-1-3-11(18)14(20)21/h4-6,10-11H,1-3,7,17-18H2,(H,20,21)/t10?,11-/m0/s1. The van der Waals surface area contributed by atoms with Gasteiger partial charge in [-0.25, -0.2) is 0 Å². The Morgan fingerprint density at radius 2 is 1.82 bits per heavy atom. The van der Waals surface area contributed by atoms with Crippen molar-refractivity contribution in [2.75, 3.05) is 6.61 Å². The molecular weight excluding hydrogens is 331 g/mol. The summed E-state index contributed by atoms with van der Waals surface area (Å²) in [6, 6.07) is 3.00. The molecule has 0 heterocycles. The van der Waals surface area contributed by atoms with Crippen molar-refractivity contribution < 1.29 is 19.4 Å². The highest BCUT2D eigenvalue weighted by molar-refractivity contribution is 6.35. The van der Waals surface area contributed by atoms with Crippen molar-refractivity contribution >= 4 is 35.0 Å². The molecule has 1 aromatic rings. The molecule has 0 aliphatic rings. The van der Waals surface area contributed by atoms with Gasteiger partial charge in [0.1, 0.15) is 18.4 Å². The number of benzene rings is 1. The van der Waals surface area contributed by atoms with E-state index in [1.165, 1.54) is 6.07 Å². The number of carbonyl (C=O) groups is 2. The SMILES string of the molecule is NC(CCC[C@H](N)C(=O)O)C(=O)COc1ccc(Cl)cc1Cl. The van der Waals surface area contributed by atoms with E-state index in [2.05, 4.69) is 0 Å². The maximum atomic E-state index is 11.8. The van der Waals surface area contributed by atoms with Crippen LogP contribution in [0.2, 0.25) is 10.0 Å². The Kier molecular flexibility index (Phi) is 7.61. The second-order valence-corrected chi connectivity index (χ2v) is 5.66. The minimum absolute atomic E-state index is 0.215. The van der Waals surface area contributed by atoms with Crippen molar-refractivity contribution in [2.24, 2.45) is 11.5 Å². The number of carbonyl (C=O) groups excluding carboxylic acids is 1. The third-order valence-electron chi connectivity index (χ3n) is 3.02. The van der Waals surface area contributed by atoms with Crippen LogP contribution in [0.1, 0.15) is 19.3 Å². The van der Waals surface area contributed by atoms with Crippen molar-refractivity contribution in [3.8, 4) is 5.75 Å². The monoisotopic (exact) mass is 348 g/mol. The largest absolute Gasteiger partial charge is 0.484 e. The lowest BCUT2D eigenvalue weighted by atomic mass is 10.0. The van der Waals surface area contributed by atoms with E-state index < -0.39 is 18.1 Å². The molecule has 0 aromatic heterocycles. The van der Waals surface area contributed by atoms with E-state index >= 15 is 0 Å². The highest BCUT2D eigenvalue weighted by Gasteiger charge is 2.17. The maximum absolute atomic E-state index is 11.8. The number of hydrogen-bond acceptors (Lipinski definition) is 5. The molecule has 0 spiro atoms. The molecule has 1 aromatic carbocycles. The van der Waals surface area contributed by atoms with Crippen LogP contribution >= 0.6 is 23.2 Å². The van der Waals surface area contributed by atoms with E-state index in [4.69, 9.17) is 44.5 Å². The second kappa shape index (κ2) is 8.95. The molecule has 0 aliphatic carbocycles.